The molecule has 34 heavy (non-hydrogen) atoms. The van der Waals surface area contributed by atoms with Crippen LogP contribution < -0.4 is 4.74 Å². The second-order valence-corrected chi connectivity index (χ2v) is 10.2. The Hall–Kier alpha value is -2.84. The SMILES string of the molecule is CC(C)c1ccc(-n2cnnc2SCC(=O)N2CCN(Cc3ccc4c(c3)CCO4)CC2)cc1. The Morgan fingerprint density at radius 3 is 2.65 bits per heavy atom. The summed E-state index contributed by atoms with van der Waals surface area (Å²) in [7, 11) is 0. The summed E-state index contributed by atoms with van der Waals surface area (Å²) < 4.78 is 7.56. The van der Waals surface area contributed by atoms with E-state index in [0.717, 1.165) is 62.3 Å². The van der Waals surface area contributed by atoms with Crippen LogP contribution >= 0.6 is 11.8 Å². The van der Waals surface area contributed by atoms with Crippen LogP contribution in [0, 0.1) is 0 Å². The van der Waals surface area contributed by atoms with E-state index < -0.39 is 0 Å². The van der Waals surface area contributed by atoms with Gasteiger partial charge in [-0.2, -0.15) is 0 Å². The first kappa shape index (κ1) is 22.9. The summed E-state index contributed by atoms with van der Waals surface area (Å²) in [6.45, 7) is 9.38. The van der Waals surface area contributed by atoms with E-state index in [1.807, 2.05) is 9.47 Å². The first-order valence-corrected chi connectivity index (χ1v) is 12.9. The van der Waals surface area contributed by atoms with Gasteiger partial charge in [0.25, 0.3) is 0 Å². The number of fused-ring (bicyclic) bond motifs is 1. The van der Waals surface area contributed by atoms with Crippen LogP contribution in [0.2, 0.25) is 0 Å². The predicted octanol–water partition coefficient (Wildman–Crippen LogP) is 3.76. The maximum absolute atomic E-state index is 12.9. The number of amides is 1. The lowest BCUT2D eigenvalue weighted by molar-refractivity contribution is -0.130. The second kappa shape index (κ2) is 10.2. The monoisotopic (exact) mass is 477 g/mol. The number of nitrogens with zero attached hydrogens (tertiary/aromatic N) is 5. The minimum absolute atomic E-state index is 0.157. The molecular formula is C26H31N5O2S. The van der Waals surface area contributed by atoms with Crippen molar-refractivity contribution in [3.63, 3.8) is 0 Å². The van der Waals surface area contributed by atoms with Crippen LogP contribution in [0.25, 0.3) is 5.69 Å². The van der Waals surface area contributed by atoms with E-state index >= 15 is 0 Å². The van der Waals surface area contributed by atoms with Crippen molar-refractivity contribution in [1.29, 1.82) is 0 Å². The Kier molecular flexibility index (Phi) is 6.87. The van der Waals surface area contributed by atoms with Crippen LogP contribution in [-0.4, -0.2) is 69.0 Å². The number of piperazine rings is 1. The summed E-state index contributed by atoms with van der Waals surface area (Å²) in [6, 6.07) is 14.9. The van der Waals surface area contributed by atoms with Gasteiger partial charge in [0, 0.05) is 44.8 Å². The summed E-state index contributed by atoms with van der Waals surface area (Å²) >= 11 is 1.45. The Morgan fingerprint density at radius 1 is 1.09 bits per heavy atom. The highest BCUT2D eigenvalue weighted by Crippen LogP contribution is 2.27. The molecule has 1 saturated heterocycles. The topological polar surface area (TPSA) is 63.5 Å². The van der Waals surface area contributed by atoms with E-state index in [2.05, 4.69) is 71.4 Å². The molecule has 0 spiro atoms. The van der Waals surface area contributed by atoms with Gasteiger partial charge in [-0.1, -0.05) is 49.9 Å². The number of hydrogen-bond acceptors (Lipinski definition) is 6. The molecular weight excluding hydrogens is 446 g/mol. The molecule has 0 unspecified atom stereocenters. The number of carbonyl (C=O) groups is 1. The quantitative estimate of drug-likeness (QED) is 0.483. The number of ether oxygens (including phenoxy) is 1. The van der Waals surface area contributed by atoms with Crippen molar-refractivity contribution in [3.8, 4) is 11.4 Å². The molecule has 7 nitrogen and oxygen atoms in total. The molecule has 0 atom stereocenters. The highest BCUT2D eigenvalue weighted by molar-refractivity contribution is 7.99. The summed E-state index contributed by atoms with van der Waals surface area (Å²) in [4.78, 5) is 17.3. The van der Waals surface area contributed by atoms with Gasteiger partial charge in [-0.05, 0) is 40.8 Å². The van der Waals surface area contributed by atoms with Gasteiger partial charge in [0.1, 0.15) is 12.1 Å². The molecule has 1 amide bonds. The predicted molar refractivity (Wildman–Crippen MR) is 134 cm³/mol. The molecule has 0 bridgehead atoms. The Morgan fingerprint density at radius 2 is 1.88 bits per heavy atom. The molecule has 0 saturated carbocycles. The van der Waals surface area contributed by atoms with Crippen LogP contribution in [0.4, 0.5) is 0 Å². The van der Waals surface area contributed by atoms with Crippen LogP contribution in [0.5, 0.6) is 5.75 Å². The molecule has 178 valence electrons. The fourth-order valence-corrected chi connectivity index (χ4v) is 5.32. The smallest absolute Gasteiger partial charge is 0.233 e. The molecule has 2 aliphatic heterocycles. The molecule has 2 aromatic carbocycles. The summed E-state index contributed by atoms with van der Waals surface area (Å²) in [5.74, 6) is 2.04. The average molecular weight is 478 g/mol. The maximum Gasteiger partial charge on any atom is 0.233 e. The fraction of sp³-hybridized carbons (Fsp3) is 0.423. The average Bonchev–Trinajstić information content (AvgIpc) is 3.52. The van der Waals surface area contributed by atoms with Gasteiger partial charge in [0.2, 0.25) is 5.91 Å². The lowest BCUT2D eigenvalue weighted by atomic mass is 10.0. The summed E-state index contributed by atoms with van der Waals surface area (Å²) in [5, 5.41) is 9.05. The standard InChI is InChI=1S/C26H31N5O2S/c1-19(2)21-4-6-23(7-5-21)31-18-27-28-26(31)34-17-25(32)30-12-10-29(11-13-30)16-20-3-8-24-22(15-20)9-14-33-24/h3-8,15,18-19H,9-14,16-17H2,1-2H3. The van der Waals surface area contributed by atoms with E-state index in [-0.39, 0.29) is 5.91 Å². The van der Waals surface area contributed by atoms with Crippen LogP contribution in [0.3, 0.4) is 0 Å². The van der Waals surface area contributed by atoms with Crippen molar-refractivity contribution >= 4 is 17.7 Å². The Balaban J connectivity index is 1.11. The van der Waals surface area contributed by atoms with Crippen molar-refractivity contribution in [3.05, 3.63) is 65.5 Å². The normalized spacial score (nSPS) is 16.0. The first-order chi connectivity index (χ1) is 16.6. The van der Waals surface area contributed by atoms with Crippen LogP contribution in [0.1, 0.15) is 36.5 Å². The molecule has 2 aliphatic rings. The van der Waals surface area contributed by atoms with Crippen molar-refractivity contribution in [2.75, 3.05) is 38.5 Å². The van der Waals surface area contributed by atoms with Gasteiger partial charge in [-0.25, -0.2) is 0 Å². The van der Waals surface area contributed by atoms with Gasteiger partial charge in [-0.15, -0.1) is 10.2 Å². The molecule has 0 radical (unpaired) electrons. The minimum atomic E-state index is 0.157. The molecule has 0 N–H and O–H groups in total. The number of thioether (sulfide) groups is 1. The zero-order chi connectivity index (χ0) is 23.5. The van der Waals surface area contributed by atoms with E-state index in [1.54, 1.807) is 6.33 Å². The zero-order valence-corrected chi connectivity index (χ0v) is 20.6. The van der Waals surface area contributed by atoms with E-state index in [0.29, 0.717) is 11.7 Å². The lowest BCUT2D eigenvalue weighted by Gasteiger charge is -2.34. The third-order valence-electron chi connectivity index (χ3n) is 6.56. The third kappa shape index (κ3) is 5.13. The fourth-order valence-electron chi connectivity index (χ4n) is 4.49. The second-order valence-electron chi connectivity index (χ2n) is 9.22. The van der Waals surface area contributed by atoms with Gasteiger partial charge in [0.15, 0.2) is 5.16 Å². The number of benzene rings is 2. The lowest BCUT2D eigenvalue weighted by Crippen LogP contribution is -2.48. The van der Waals surface area contributed by atoms with Crippen molar-refractivity contribution in [1.82, 2.24) is 24.6 Å². The van der Waals surface area contributed by atoms with Crippen LogP contribution in [0.15, 0.2) is 53.9 Å². The number of aromatic nitrogens is 3. The Labute approximate surface area is 205 Å². The number of hydrogen-bond donors (Lipinski definition) is 0. The summed E-state index contributed by atoms with van der Waals surface area (Å²) in [5.41, 5.74) is 4.94. The first-order valence-electron chi connectivity index (χ1n) is 11.9. The van der Waals surface area contributed by atoms with Gasteiger partial charge >= 0.3 is 0 Å². The molecule has 3 heterocycles. The molecule has 5 rings (SSSR count). The van der Waals surface area contributed by atoms with Gasteiger partial charge in [0.05, 0.1) is 12.4 Å². The van der Waals surface area contributed by atoms with Crippen molar-refractivity contribution < 1.29 is 9.53 Å². The maximum atomic E-state index is 12.9. The third-order valence-corrected chi connectivity index (χ3v) is 7.49. The van der Waals surface area contributed by atoms with Crippen molar-refractivity contribution in [2.24, 2.45) is 0 Å². The Bertz CT molecular complexity index is 1140. The molecule has 1 fully saturated rings. The number of carbonyl (C=O) groups excluding carboxylic acids is 1. The zero-order valence-electron chi connectivity index (χ0n) is 19.8. The van der Waals surface area contributed by atoms with Gasteiger partial charge in [-0.3, -0.25) is 14.3 Å². The molecule has 0 aliphatic carbocycles. The van der Waals surface area contributed by atoms with Crippen LogP contribution in [-0.2, 0) is 17.8 Å². The highest BCUT2D eigenvalue weighted by Gasteiger charge is 2.22. The molecule has 8 heteroatoms. The molecule has 3 aromatic rings. The minimum Gasteiger partial charge on any atom is -0.493 e. The van der Waals surface area contributed by atoms with E-state index in [1.165, 1.54) is 28.5 Å². The largest absolute Gasteiger partial charge is 0.493 e. The van der Waals surface area contributed by atoms with E-state index in [9.17, 15) is 4.79 Å². The number of rotatable bonds is 7. The summed E-state index contributed by atoms with van der Waals surface area (Å²) in [6.07, 6.45) is 2.71. The highest BCUT2D eigenvalue weighted by atomic mass is 32.2. The van der Waals surface area contributed by atoms with Gasteiger partial charge < -0.3 is 9.64 Å². The van der Waals surface area contributed by atoms with E-state index in [4.69, 9.17) is 4.74 Å². The molecule has 1 aromatic heterocycles. The van der Waals surface area contributed by atoms with Crippen molar-refractivity contribution in [2.45, 2.75) is 37.9 Å².